The maximum Gasteiger partial charge on any atom is 0.218 e. The number of hydrogen-bond donors (Lipinski definition) is 1. The molecular formula is C15H22ClFN2O3S. The van der Waals surface area contributed by atoms with Crippen LogP contribution < -0.4 is 0 Å². The van der Waals surface area contributed by atoms with Crippen molar-refractivity contribution in [2.24, 2.45) is 0 Å². The highest BCUT2D eigenvalue weighted by Crippen LogP contribution is 2.27. The van der Waals surface area contributed by atoms with Crippen LogP contribution in [0, 0.1) is 5.82 Å². The fourth-order valence-corrected chi connectivity index (χ4v) is 4.69. The zero-order valence-corrected chi connectivity index (χ0v) is 14.9. The first-order chi connectivity index (χ1) is 10.6. The Bertz CT molecular complexity index is 659. The van der Waals surface area contributed by atoms with Gasteiger partial charge in [0.15, 0.2) is 0 Å². The average molecular weight is 365 g/mol. The maximum absolute atomic E-state index is 13.3. The van der Waals surface area contributed by atoms with Gasteiger partial charge < -0.3 is 10.0 Å². The van der Waals surface area contributed by atoms with E-state index in [9.17, 15) is 17.9 Å². The SMILES string of the molecule is CN(C)CC1(O)CCN(S(=O)(=O)Cc2cc(F)ccc2Cl)CC1. The Morgan fingerprint density at radius 1 is 1.35 bits per heavy atom. The summed E-state index contributed by atoms with van der Waals surface area (Å²) in [5.41, 5.74) is -0.618. The molecule has 8 heteroatoms. The summed E-state index contributed by atoms with van der Waals surface area (Å²) in [6.45, 7) is 0.996. The zero-order chi connectivity index (χ0) is 17.3. The first-order valence-corrected chi connectivity index (χ1v) is 9.39. The van der Waals surface area contributed by atoms with Gasteiger partial charge in [0.2, 0.25) is 10.0 Å². The minimum atomic E-state index is -3.60. The van der Waals surface area contributed by atoms with Crippen LogP contribution >= 0.6 is 11.6 Å². The van der Waals surface area contributed by atoms with Crippen molar-refractivity contribution in [1.82, 2.24) is 9.21 Å². The van der Waals surface area contributed by atoms with E-state index in [0.29, 0.717) is 19.4 Å². The lowest BCUT2D eigenvalue weighted by molar-refractivity contribution is -0.0235. The third-order valence-electron chi connectivity index (χ3n) is 4.00. The molecule has 1 aromatic rings. The fourth-order valence-electron chi connectivity index (χ4n) is 2.87. The zero-order valence-electron chi connectivity index (χ0n) is 13.3. The topological polar surface area (TPSA) is 60.9 Å². The lowest BCUT2D eigenvalue weighted by Crippen LogP contribution is -2.51. The van der Waals surface area contributed by atoms with Crippen LogP contribution in [0.25, 0.3) is 0 Å². The monoisotopic (exact) mass is 364 g/mol. The molecule has 0 radical (unpaired) electrons. The van der Waals surface area contributed by atoms with E-state index >= 15 is 0 Å². The number of sulfonamides is 1. The minimum Gasteiger partial charge on any atom is -0.388 e. The fraction of sp³-hybridized carbons (Fsp3) is 0.600. The summed E-state index contributed by atoms with van der Waals surface area (Å²) in [6.07, 6.45) is 0.753. The van der Waals surface area contributed by atoms with Crippen molar-refractivity contribution in [3.05, 3.63) is 34.6 Å². The molecule has 1 aliphatic heterocycles. The molecule has 0 atom stereocenters. The molecule has 0 spiro atoms. The largest absolute Gasteiger partial charge is 0.388 e. The van der Waals surface area contributed by atoms with Crippen molar-refractivity contribution in [3.8, 4) is 0 Å². The number of aliphatic hydroxyl groups is 1. The number of likely N-dealkylation sites (N-methyl/N-ethyl adjacent to an activating group) is 1. The molecule has 23 heavy (non-hydrogen) atoms. The van der Waals surface area contributed by atoms with E-state index in [0.717, 1.165) is 6.07 Å². The average Bonchev–Trinajstić information content (AvgIpc) is 2.41. The molecule has 130 valence electrons. The van der Waals surface area contributed by atoms with Gasteiger partial charge in [-0.25, -0.2) is 17.1 Å². The van der Waals surface area contributed by atoms with Gasteiger partial charge in [0.1, 0.15) is 5.82 Å². The van der Waals surface area contributed by atoms with Gasteiger partial charge in [-0.2, -0.15) is 0 Å². The van der Waals surface area contributed by atoms with Gasteiger partial charge in [-0.1, -0.05) is 11.6 Å². The second-order valence-electron chi connectivity index (χ2n) is 6.35. The van der Waals surface area contributed by atoms with Crippen LogP contribution in [0.1, 0.15) is 18.4 Å². The smallest absolute Gasteiger partial charge is 0.218 e. The van der Waals surface area contributed by atoms with Crippen molar-refractivity contribution in [2.45, 2.75) is 24.2 Å². The van der Waals surface area contributed by atoms with Crippen molar-refractivity contribution in [1.29, 1.82) is 0 Å². The van der Waals surface area contributed by atoms with Crippen LogP contribution in [-0.4, -0.2) is 62.1 Å². The van der Waals surface area contributed by atoms with Crippen molar-refractivity contribution in [2.75, 3.05) is 33.7 Å². The number of benzene rings is 1. The number of hydrogen-bond acceptors (Lipinski definition) is 4. The van der Waals surface area contributed by atoms with E-state index in [1.54, 1.807) is 0 Å². The predicted molar refractivity (Wildman–Crippen MR) is 88.3 cm³/mol. The molecular weight excluding hydrogens is 343 g/mol. The Morgan fingerprint density at radius 3 is 2.52 bits per heavy atom. The highest BCUT2D eigenvalue weighted by Gasteiger charge is 2.36. The Kier molecular flexibility index (Phi) is 5.68. The van der Waals surface area contributed by atoms with Crippen LogP contribution in [0.4, 0.5) is 4.39 Å². The van der Waals surface area contributed by atoms with Crippen molar-refractivity contribution >= 4 is 21.6 Å². The molecule has 2 rings (SSSR count). The highest BCUT2D eigenvalue weighted by molar-refractivity contribution is 7.88. The predicted octanol–water partition coefficient (Wildman–Crippen LogP) is 1.70. The third kappa shape index (κ3) is 4.87. The molecule has 0 saturated carbocycles. The summed E-state index contributed by atoms with van der Waals surface area (Å²) >= 11 is 5.95. The Hall–Kier alpha value is -0.730. The van der Waals surface area contributed by atoms with Crippen molar-refractivity contribution in [3.63, 3.8) is 0 Å². The number of nitrogens with zero attached hydrogens (tertiary/aromatic N) is 2. The van der Waals surface area contributed by atoms with Crippen LogP contribution in [0.3, 0.4) is 0 Å². The summed E-state index contributed by atoms with van der Waals surface area (Å²) < 4.78 is 39.6. The Balaban J connectivity index is 2.06. The van der Waals surface area contributed by atoms with Gasteiger partial charge in [-0.05, 0) is 50.7 Å². The standard InChI is InChI=1S/C15H22ClFN2O3S/c1-18(2)11-15(20)5-7-19(8-6-15)23(21,22)10-12-9-13(17)3-4-14(12)16/h3-4,9,20H,5-8,10-11H2,1-2H3. The summed E-state index contributed by atoms with van der Waals surface area (Å²) in [5.74, 6) is -0.853. The summed E-state index contributed by atoms with van der Waals surface area (Å²) in [4.78, 5) is 1.89. The second kappa shape index (κ2) is 7.03. The molecule has 0 aromatic heterocycles. The van der Waals surface area contributed by atoms with Crippen LogP contribution in [0.5, 0.6) is 0 Å². The normalized spacial score (nSPS) is 19.2. The van der Waals surface area contributed by atoms with Gasteiger partial charge in [-0.3, -0.25) is 0 Å². The van der Waals surface area contributed by atoms with E-state index in [1.165, 1.54) is 16.4 Å². The van der Waals surface area contributed by atoms with Crippen LogP contribution in [-0.2, 0) is 15.8 Å². The van der Waals surface area contributed by atoms with E-state index in [4.69, 9.17) is 11.6 Å². The molecule has 1 heterocycles. The van der Waals surface area contributed by atoms with Gasteiger partial charge in [0.25, 0.3) is 0 Å². The number of halogens is 2. The van der Waals surface area contributed by atoms with Gasteiger partial charge >= 0.3 is 0 Å². The van der Waals surface area contributed by atoms with Crippen molar-refractivity contribution < 1.29 is 17.9 Å². The van der Waals surface area contributed by atoms with E-state index < -0.39 is 21.4 Å². The molecule has 0 unspecified atom stereocenters. The Morgan fingerprint density at radius 2 is 1.96 bits per heavy atom. The molecule has 1 fully saturated rings. The molecule has 1 aromatic carbocycles. The van der Waals surface area contributed by atoms with Gasteiger partial charge in [0, 0.05) is 24.7 Å². The first kappa shape index (κ1) is 18.6. The molecule has 1 aliphatic rings. The van der Waals surface area contributed by atoms with E-state index in [1.807, 2.05) is 19.0 Å². The van der Waals surface area contributed by atoms with E-state index in [2.05, 4.69) is 0 Å². The summed E-state index contributed by atoms with van der Waals surface area (Å²) in [5, 5.41) is 10.7. The minimum absolute atomic E-state index is 0.232. The molecule has 5 nitrogen and oxygen atoms in total. The van der Waals surface area contributed by atoms with Gasteiger partial charge in [-0.15, -0.1) is 0 Å². The third-order valence-corrected chi connectivity index (χ3v) is 6.20. The molecule has 0 bridgehead atoms. The molecule has 1 N–H and O–H groups in total. The second-order valence-corrected chi connectivity index (χ2v) is 8.73. The number of rotatable bonds is 5. The quantitative estimate of drug-likeness (QED) is 0.863. The highest BCUT2D eigenvalue weighted by atomic mass is 35.5. The molecule has 0 aliphatic carbocycles. The molecule has 1 saturated heterocycles. The summed E-state index contributed by atoms with van der Waals surface area (Å²) in [6, 6.07) is 3.70. The molecule has 0 amide bonds. The lowest BCUT2D eigenvalue weighted by Gasteiger charge is -2.39. The van der Waals surface area contributed by atoms with E-state index in [-0.39, 0.29) is 29.4 Å². The lowest BCUT2D eigenvalue weighted by atomic mass is 9.92. The maximum atomic E-state index is 13.3. The van der Waals surface area contributed by atoms with Crippen LogP contribution in [0.2, 0.25) is 5.02 Å². The summed E-state index contributed by atoms with van der Waals surface area (Å²) in [7, 11) is 0.139. The van der Waals surface area contributed by atoms with Crippen LogP contribution in [0.15, 0.2) is 18.2 Å². The van der Waals surface area contributed by atoms with Gasteiger partial charge in [0.05, 0.1) is 11.4 Å². The number of piperidine rings is 1. The first-order valence-electron chi connectivity index (χ1n) is 7.40. The Labute approximate surface area is 141 Å².